The molecule has 0 aliphatic carbocycles. The van der Waals surface area contributed by atoms with Crippen LogP contribution in [-0.2, 0) is 10.0 Å². The van der Waals surface area contributed by atoms with Gasteiger partial charge in [-0.15, -0.1) is 21.5 Å². The van der Waals surface area contributed by atoms with Crippen molar-refractivity contribution in [3.05, 3.63) is 41.6 Å². The Morgan fingerprint density at radius 2 is 1.90 bits per heavy atom. The predicted molar refractivity (Wildman–Crippen MR) is 111 cm³/mol. The van der Waals surface area contributed by atoms with Crippen LogP contribution in [0.25, 0.3) is 11.5 Å². The molecule has 0 bridgehead atoms. The fraction of sp³-hybridized carbons (Fsp3) is 0.316. The zero-order valence-electron chi connectivity index (χ0n) is 16.2. The normalized spacial score (nSPS) is 14.5. The van der Waals surface area contributed by atoms with E-state index in [-0.39, 0.29) is 21.9 Å². The van der Waals surface area contributed by atoms with Gasteiger partial charge < -0.3 is 14.1 Å². The van der Waals surface area contributed by atoms with Gasteiger partial charge in [0, 0.05) is 24.2 Å². The average Bonchev–Trinajstić information content (AvgIpc) is 3.44. The van der Waals surface area contributed by atoms with E-state index in [9.17, 15) is 13.2 Å². The summed E-state index contributed by atoms with van der Waals surface area (Å²) in [5.74, 6) is 0.358. The fourth-order valence-electron chi connectivity index (χ4n) is 3.09. The third-order valence-corrected chi connectivity index (χ3v) is 7.50. The van der Waals surface area contributed by atoms with Crippen LogP contribution in [0, 0.1) is 0 Å². The molecular weight excluding hydrogens is 428 g/mol. The monoisotopic (exact) mass is 448 g/mol. The Balaban J connectivity index is 1.49. The second kappa shape index (κ2) is 8.44. The second-order valence-electron chi connectivity index (χ2n) is 6.75. The molecule has 1 aliphatic rings. The fourth-order valence-corrected chi connectivity index (χ4v) is 5.30. The Hall–Kier alpha value is -2.92. The highest BCUT2D eigenvalue weighted by molar-refractivity contribution is 7.94. The van der Waals surface area contributed by atoms with Crippen LogP contribution >= 0.6 is 11.3 Å². The lowest BCUT2D eigenvalue weighted by Crippen LogP contribution is -2.35. The summed E-state index contributed by atoms with van der Waals surface area (Å²) in [6, 6.07) is 8.00. The molecule has 0 atom stereocenters. The Morgan fingerprint density at radius 3 is 2.60 bits per heavy atom. The summed E-state index contributed by atoms with van der Waals surface area (Å²) in [5, 5.41) is 9.36. The molecule has 2 aromatic heterocycles. The van der Waals surface area contributed by atoms with Gasteiger partial charge in [-0.25, -0.2) is 8.42 Å². The summed E-state index contributed by atoms with van der Waals surface area (Å²) in [5.41, 5.74) is 0.859. The summed E-state index contributed by atoms with van der Waals surface area (Å²) in [6.07, 6.45) is 3.02. The second-order valence-corrected chi connectivity index (χ2v) is 9.57. The number of methoxy groups -OCH3 is 1. The Labute approximate surface area is 177 Å². The zero-order chi connectivity index (χ0) is 21.1. The van der Waals surface area contributed by atoms with Gasteiger partial charge in [0.05, 0.1) is 12.7 Å². The van der Waals surface area contributed by atoms with E-state index in [0.717, 1.165) is 30.6 Å². The Morgan fingerprint density at radius 1 is 1.17 bits per heavy atom. The molecule has 4 rings (SSSR count). The van der Waals surface area contributed by atoms with Gasteiger partial charge in [-0.3, -0.25) is 9.52 Å². The molecule has 0 radical (unpaired) electrons. The number of ether oxygens (including phenoxy) is 1. The first-order valence-electron chi connectivity index (χ1n) is 9.35. The summed E-state index contributed by atoms with van der Waals surface area (Å²) in [7, 11) is -2.25. The van der Waals surface area contributed by atoms with Crippen molar-refractivity contribution in [1.29, 1.82) is 0 Å². The van der Waals surface area contributed by atoms with Crippen LogP contribution in [0.15, 0.2) is 44.3 Å². The number of nitrogens with zero attached hydrogens (tertiary/aromatic N) is 3. The number of thiophene rings is 1. The van der Waals surface area contributed by atoms with Gasteiger partial charge in [0.1, 0.15) is 9.96 Å². The van der Waals surface area contributed by atoms with Crippen molar-refractivity contribution in [2.75, 3.05) is 24.9 Å². The van der Waals surface area contributed by atoms with Gasteiger partial charge in [0.15, 0.2) is 0 Å². The predicted octanol–water partition coefficient (Wildman–Crippen LogP) is 3.23. The van der Waals surface area contributed by atoms with E-state index in [1.165, 1.54) is 13.2 Å². The average molecular weight is 449 g/mol. The molecule has 0 unspecified atom stereocenters. The molecule has 1 N–H and O–H groups in total. The summed E-state index contributed by atoms with van der Waals surface area (Å²) in [6.45, 7) is 1.35. The quantitative estimate of drug-likeness (QED) is 0.616. The molecule has 3 heterocycles. The highest BCUT2D eigenvalue weighted by Crippen LogP contribution is 2.29. The largest absolute Gasteiger partial charge is 0.497 e. The lowest BCUT2D eigenvalue weighted by Gasteiger charge is -2.24. The summed E-state index contributed by atoms with van der Waals surface area (Å²) < 4.78 is 38.5. The van der Waals surface area contributed by atoms with Crippen molar-refractivity contribution in [2.45, 2.75) is 23.5 Å². The summed E-state index contributed by atoms with van der Waals surface area (Å²) in [4.78, 5) is 14.2. The number of carbonyl (C=O) groups is 1. The Kier molecular flexibility index (Phi) is 5.73. The van der Waals surface area contributed by atoms with Crippen LogP contribution < -0.4 is 9.46 Å². The number of rotatable bonds is 6. The number of amides is 1. The Bertz CT molecular complexity index is 1130. The first kappa shape index (κ1) is 20.4. The molecule has 9 nitrogen and oxygen atoms in total. The highest BCUT2D eigenvalue weighted by atomic mass is 32.2. The van der Waals surface area contributed by atoms with Crippen LogP contribution in [0.4, 0.5) is 5.69 Å². The molecule has 1 amide bonds. The zero-order valence-corrected chi connectivity index (χ0v) is 17.8. The number of likely N-dealkylation sites (tertiary alicyclic amines) is 1. The van der Waals surface area contributed by atoms with Crippen LogP contribution in [-0.4, -0.2) is 49.6 Å². The van der Waals surface area contributed by atoms with Gasteiger partial charge >= 0.3 is 11.8 Å². The van der Waals surface area contributed by atoms with Crippen LogP contribution in [0.5, 0.6) is 5.75 Å². The molecule has 11 heteroatoms. The van der Waals surface area contributed by atoms with E-state index in [1.807, 2.05) is 0 Å². The topological polar surface area (TPSA) is 115 Å². The van der Waals surface area contributed by atoms with Gasteiger partial charge in [0.2, 0.25) is 5.89 Å². The van der Waals surface area contributed by atoms with Crippen molar-refractivity contribution in [1.82, 2.24) is 15.1 Å². The maximum atomic E-state index is 12.7. The van der Waals surface area contributed by atoms with E-state index in [4.69, 9.17) is 9.15 Å². The number of hydrogen-bond donors (Lipinski definition) is 1. The minimum absolute atomic E-state index is 0.0844. The van der Waals surface area contributed by atoms with E-state index >= 15 is 0 Å². The standard InChI is InChI=1S/C19H20N4O5S2/c1-27-15-7-5-14(6-8-15)22-30(25,26)16-11-13(12-29-16)17-20-21-18(28-17)19(24)23-9-3-2-4-10-23/h5-8,11-12,22H,2-4,9-10H2,1H3. The first-order valence-corrected chi connectivity index (χ1v) is 11.7. The van der Waals surface area contributed by atoms with E-state index < -0.39 is 10.0 Å². The van der Waals surface area contributed by atoms with Crippen molar-refractivity contribution in [3.8, 4) is 17.2 Å². The summed E-state index contributed by atoms with van der Waals surface area (Å²) >= 11 is 1.03. The number of piperidine rings is 1. The number of sulfonamides is 1. The SMILES string of the molecule is COc1ccc(NS(=O)(=O)c2cc(-c3nnc(C(=O)N4CCCCC4)o3)cs2)cc1. The molecule has 1 aliphatic heterocycles. The smallest absolute Gasteiger partial charge is 0.311 e. The third-order valence-electron chi connectivity index (χ3n) is 4.68. The van der Waals surface area contributed by atoms with Crippen LogP contribution in [0.2, 0.25) is 0 Å². The van der Waals surface area contributed by atoms with Gasteiger partial charge in [0.25, 0.3) is 10.0 Å². The molecule has 1 saturated heterocycles. The molecule has 158 valence electrons. The lowest BCUT2D eigenvalue weighted by atomic mass is 10.1. The van der Waals surface area contributed by atoms with Gasteiger partial charge in [-0.2, -0.15) is 0 Å². The first-order chi connectivity index (χ1) is 14.5. The van der Waals surface area contributed by atoms with Crippen molar-refractivity contribution >= 4 is 33.0 Å². The number of benzene rings is 1. The molecule has 0 saturated carbocycles. The minimum Gasteiger partial charge on any atom is -0.497 e. The van der Waals surface area contributed by atoms with E-state index in [0.29, 0.717) is 30.1 Å². The van der Waals surface area contributed by atoms with Gasteiger partial charge in [-0.1, -0.05) is 0 Å². The number of aromatic nitrogens is 2. The van der Waals surface area contributed by atoms with Crippen molar-refractivity contribution < 1.29 is 22.4 Å². The molecule has 3 aromatic rings. The number of carbonyl (C=O) groups excluding carboxylic acids is 1. The molecule has 1 aromatic carbocycles. The van der Waals surface area contributed by atoms with Crippen LogP contribution in [0.1, 0.15) is 29.9 Å². The van der Waals surface area contributed by atoms with Crippen LogP contribution in [0.3, 0.4) is 0 Å². The number of hydrogen-bond acceptors (Lipinski definition) is 8. The maximum absolute atomic E-state index is 12.7. The minimum atomic E-state index is -3.78. The number of nitrogens with one attached hydrogen (secondary N) is 1. The third kappa shape index (κ3) is 4.31. The maximum Gasteiger partial charge on any atom is 0.311 e. The molecule has 0 spiro atoms. The molecule has 30 heavy (non-hydrogen) atoms. The van der Waals surface area contributed by atoms with E-state index in [1.54, 1.807) is 34.5 Å². The molecular formula is C19H20N4O5S2. The van der Waals surface area contributed by atoms with Gasteiger partial charge in [-0.05, 0) is 49.6 Å². The lowest BCUT2D eigenvalue weighted by molar-refractivity contribution is 0.0684. The van der Waals surface area contributed by atoms with Crippen molar-refractivity contribution in [3.63, 3.8) is 0 Å². The van der Waals surface area contributed by atoms with E-state index in [2.05, 4.69) is 14.9 Å². The number of anilines is 1. The molecule has 1 fully saturated rings. The van der Waals surface area contributed by atoms with Crippen molar-refractivity contribution in [2.24, 2.45) is 0 Å². The highest BCUT2D eigenvalue weighted by Gasteiger charge is 2.25.